The number of carbonyl (C=O) groups is 1. The van der Waals surface area contributed by atoms with E-state index in [0.717, 1.165) is 25.9 Å². The van der Waals surface area contributed by atoms with Crippen molar-refractivity contribution in [2.45, 2.75) is 31.8 Å². The monoisotopic (exact) mass is 324 g/mol. The Morgan fingerprint density at radius 3 is 2.82 bits per heavy atom. The van der Waals surface area contributed by atoms with Gasteiger partial charge in [0.25, 0.3) is 0 Å². The summed E-state index contributed by atoms with van der Waals surface area (Å²) in [5, 5.41) is 3.26. The number of ether oxygens (including phenoxy) is 1. The number of rotatable bonds is 3. The first-order valence-electron chi connectivity index (χ1n) is 7.91. The first-order chi connectivity index (χ1) is 10.3. The fourth-order valence-corrected chi connectivity index (χ4v) is 3.43. The number of carbonyl (C=O) groups excluding carboxylic acids is 1. The molecule has 2 saturated heterocycles. The lowest BCUT2D eigenvalue weighted by atomic mass is 9.93. The second kappa shape index (κ2) is 7.95. The highest BCUT2D eigenvalue weighted by Crippen LogP contribution is 2.28. The summed E-state index contributed by atoms with van der Waals surface area (Å²) in [7, 11) is 0. The second-order valence-electron chi connectivity index (χ2n) is 6.09. The SMILES string of the molecule is CC1C(Cc2ccccc2)CCN1C(=O)C1COCCN1.Cl. The highest BCUT2D eigenvalue weighted by atomic mass is 35.5. The van der Waals surface area contributed by atoms with Crippen molar-refractivity contribution in [3.63, 3.8) is 0 Å². The standard InChI is InChI=1S/C17H24N2O2.ClH/c1-13-15(11-14-5-3-2-4-6-14)7-9-19(13)17(20)16-12-21-10-8-18-16;/h2-6,13,15-16,18H,7-12H2,1H3;1H. The van der Waals surface area contributed by atoms with Gasteiger partial charge in [-0.2, -0.15) is 0 Å². The van der Waals surface area contributed by atoms with Crippen LogP contribution in [0.25, 0.3) is 0 Å². The minimum atomic E-state index is -0.156. The molecule has 122 valence electrons. The van der Waals surface area contributed by atoms with Gasteiger partial charge in [-0.05, 0) is 31.2 Å². The van der Waals surface area contributed by atoms with E-state index in [9.17, 15) is 4.79 Å². The fraction of sp³-hybridized carbons (Fsp3) is 0.588. The van der Waals surface area contributed by atoms with Crippen LogP contribution in [0.15, 0.2) is 30.3 Å². The molecule has 1 aromatic carbocycles. The van der Waals surface area contributed by atoms with Gasteiger partial charge in [-0.15, -0.1) is 12.4 Å². The molecule has 0 spiro atoms. The molecule has 1 aromatic rings. The number of amides is 1. The van der Waals surface area contributed by atoms with Gasteiger partial charge in [0.1, 0.15) is 6.04 Å². The largest absolute Gasteiger partial charge is 0.378 e. The molecule has 2 fully saturated rings. The molecule has 3 rings (SSSR count). The van der Waals surface area contributed by atoms with Gasteiger partial charge in [-0.25, -0.2) is 0 Å². The molecule has 0 saturated carbocycles. The van der Waals surface area contributed by atoms with E-state index in [1.165, 1.54) is 5.56 Å². The molecule has 2 aliphatic heterocycles. The van der Waals surface area contributed by atoms with Crippen LogP contribution < -0.4 is 5.32 Å². The average Bonchev–Trinajstić information content (AvgIpc) is 2.89. The Balaban J connectivity index is 0.00000176. The van der Waals surface area contributed by atoms with Crippen molar-refractivity contribution in [3.8, 4) is 0 Å². The topological polar surface area (TPSA) is 41.6 Å². The van der Waals surface area contributed by atoms with Crippen LogP contribution in [-0.2, 0) is 16.0 Å². The maximum atomic E-state index is 12.6. The number of hydrogen-bond donors (Lipinski definition) is 1. The molecule has 2 heterocycles. The van der Waals surface area contributed by atoms with Crippen molar-refractivity contribution in [1.29, 1.82) is 0 Å². The summed E-state index contributed by atoms with van der Waals surface area (Å²) < 4.78 is 5.41. The first kappa shape index (κ1) is 17.3. The van der Waals surface area contributed by atoms with E-state index >= 15 is 0 Å². The lowest BCUT2D eigenvalue weighted by Crippen LogP contribution is -2.53. The van der Waals surface area contributed by atoms with E-state index in [-0.39, 0.29) is 24.4 Å². The number of morpholine rings is 1. The number of hydrogen-bond acceptors (Lipinski definition) is 3. The van der Waals surface area contributed by atoms with E-state index in [0.29, 0.717) is 25.2 Å². The van der Waals surface area contributed by atoms with Crippen LogP contribution in [0.3, 0.4) is 0 Å². The summed E-state index contributed by atoms with van der Waals surface area (Å²) in [4.78, 5) is 14.6. The van der Waals surface area contributed by atoms with Gasteiger partial charge in [-0.1, -0.05) is 30.3 Å². The summed E-state index contributed by atoms with van der Waals surface area (Å²) in [5.41, 5.74) is 1.36. The van der Waals surface area contributed by atoms with Crippen LogP contribution in [0.2, 0.25) is 0 Å². The predicted molar refractivity (Wildman–Crippen MR) is 89.3 cm³/mol. The Kier molecular flexibility index (Phi) is 6.24. The van der Waals surface area contributed by atoms with Crippen molar-refractivity contribution in [2.75, 3.05) is 26.3 Å². The summed E-state index contributed by atoms with van der Waals surface area (Å²) in [6.45, 7) is 5.03. The summed E-state index contributed by atoms with van der Waals surface area (Å²) >= 11 is 0. The molecule has 1 N–H and O–H groups in total. The molecule has 4 nitrogen and oxygen atoms in total. The van der Waals surface area contributed by atoms with Gasteiger partial charge in [0.15, 0.2) is 0 Å². The highest BCUT2D eigenvalue weighted by molar-refractivity contribution is 5.85. The minimum absolute atomic E-state index is 0. The normalized spacial score (nSPS) is 28.2. The van der Waals surface area contributed by atoms with Crippen LogP contribution in [0, 0.1) is 5.92 Å². The van der Waals surface area contributed by atoms with Crippen LogP contribution in [-0.4, -0.2) is 49.2 Å². The zero-order valence-corrected chi connectivity index (χ0v) is 13.8. The Morgan fingerprint density at radius 1 is 1.36 bits per heavy atom. The molecule has 3 unspecified atom stereocenters. The molecular weight excluding hydrogens is 300 g/mol. The van der Waals surface area contributed by atoms with Gasteiger partial charge in [0.2, 0.25) is 5.91 Å². The maximum Gasteiger partial charge on any atom is 0.242 e. The summed E-state index contributed by atoms with van der Waals surface area (Å²) in [6.07, 6.45) is 2.15. The third-order valence-electron chi connectivity index (χ3n) is 4.76. The molecule has 0 radical (unpaired) electrons. The Morgan fingerprint density at radius 2 is 2.14 bits per heavy atom. The van der Waals surface area contributed by atoms with E-state index in [4.69, 9.17) is 4.74 Å². The molecule has 0 aromatic heterocycles. The first-order valence-corrected chi connectivity index (χ1v) is 7.91. The van der Waals surface area contributed by atoms with Gasteiger partial charge in [-0.3, -0.25) is 4.79 Å². The van der Waals surface area contributed by atoms with Crippen molar-refractivity contribution < 1.29 is 9.53 Å². The van der Waals surface area contributed by atoms with Crippen LogP contribution >= 0.6 is 12.4 Å². The Hall–Kier alpha value is -1.10. The number of halogens is 1. The molecule has 1 amide bonds. The quantitative estimate of drug-likeness (QED) is 0.923. The highest BCUT2D eigenvalue weighted by Gasteiger charge is 2.37. The summed E-state index contributed by atoms with van der Waals surface area (Å²) in [6, 6.07) is 10.7. The zero-order chi connectivity index (χ0) is 14.7. The molecule has 22 heavy (non-hydrogen) atoms. The second-order valence-corrected chi connectivity index (χ2v) is 6.09. The van der Waals surface area contributed by atoms with E-state index in [1.54, 1.807) is 0 Å². The molecule has 5 heteroatoms. The van der Waals surface area contributed by atoms with Crippen molar-refractivity contribution in [2.24, 2.45) is 5.92 Å². The van der Waals surface area contributed by atoms with Gasteiger partial charge < -0.3 is 15.0 Å². The van der Waals surface area contributed by atoms with Gasteiger partial charge in [0, 0.05) is 19.1 Å². The van der Waals surface area contributed by atoms with Crippen LogP contribution in [0.4, 0.5) is 0 Å². The molecule has 2 aliphatic rings. The lowest BCUT2D eigenvalue weighted by molar-refractivity contribution is -0.137. The fourth-order valence-electron chi connectivity index (χ4n) is 3.43. The Labute approximate surface area is 138 Å². The molecule has 3 atom stereocenters. The van der Waals surface area contributed by atoms with Crippen molar-refractivity contribution in [3.05, 3.63) is 35.9 Å². The van der Waals surface area contributed by atoms with E-state index in [2.05, 4.69) is 36.5 Å². The van der Waals surface area contributed by atoms with Gasteiger partial charge >= 0.3 is 0 Å². The number of nitrogens with one attached hydrogen (secondary N) is 1. The van der Waals surface area contributed by atoms with Crippen molar-refractivity contribution >= 4 is 18.3 Å². The Bertz CT molecular complexity index is 477. The maximum absolute atomic E-state index is 12.6. The number of likely N-dealkylation sites (tertiary alicyclic amines) is 1. The average molecular weight is 325 g/mol. The van der Waals surface area contributed by atoms with E-state index < -0.39 is 0 Å². The zero-order valence-electron chi connectivity index (χ0n) is 13.0. The van der Waals surface area contributed by atoms with Crippen LogP contribution in [0.1, 0.15) is 18.9 Å². The van der Waals surface area contributed by atoms with E-state index in [1.807, 2.05) is 11.0 Å². The van der Waals surface area contributed by atoms with Gasteiger partial charge in [0.05, 0.1) is 13.2 Å². The minimum Gasteiger partial charge on any atom is -0.378 e. The van der Waals surface area contributed by atoms with Crippen LogP contribution in [0.5, 0.6) is 0 Å². The third kappa shape index (κ3) is 3.80. The number of benzene rings is 1. The molecule has 0 aliphatic carbocycles. The van der Waals surface area contributed by atoms with Crippen molar-refractivity contribution in [1.82, 2.24) is 10.2 Å². The summed E-state index contributed by atoms with van der Waals surface area (Å²) in [5.74, 6) is 0.763. The lowest BCUT2D eigenvalue weighted by Gasteiger charge is -2.31. The predicted octanol–water partition coefficient (Wildman–Crippen LogP) is 1.88. The molecular formula is C17H25ClN2O2. The smallest absolute Gasteiger partial charge is 0.242 e. The third-order valence-corrected chi connectivity index (χ3v) is 4.76. The number of nitrogens with zero attached hydrogens (tertiary/aromatic N) is 1. The molecule has 0 bridgehead atoms.